The summed E-state index contributed by atoms with van der Waals surface area (Å²) in [4.78, 5) is 37.4. The van der Waals surface area contributed by atoms with Gasteiger partial charge in [0.15, 0.2) is 0 Å². The molecule has 0 unspecified atom stereocenters. The molecule has 1 fully saturated rings. The van der Waals surface area contributed by atoms with Crippen molar-refractivity contribution in [3.05, 3.63) is 69.3 Å². The molecule has 170 valence electrons. The highest BCUT2D eigenvalue weighted by molar-refractivity contribution is 5.96. The third-order valence-corrected chi connectivity index (χ3v) is 5.53. The zero-order valence-corrected chi connectivity index (χ0v) is 18.3. The molecule has 3 rings (SSSR count). The van der Waals surface area contributed by atoms with Crippen LogP contribution in [0.25, 0.3) is 0 Å². The van der Waals surface area contributed by atoms with E-state index in [-0.39, 0.29) is 30.3 Å². The van der Waals surface area contributed by atoms with E-state index in [4.69, 9.17) is 4.74 Å². The number of carbonyl (C=O) groups is 2. The van der Waals surface area contributed by atoms with E-state index >= 15 is 0 Å². The molecule has 8 nitrogen and oxygen atoms in total. The van der Waals surface area contributed by atoms with Gasteiger partial charge in [-0.25, -0.2) is 4.79 Å². The molecule has 0 atom stereocenters. The van der Waals surface area contributed by atoms with Crippen LogP contribution in [0.2, 0.25) is 0 Å². The minimum Gasteiger partial charge on any atom is -0.460 e. The number of hydrogen-bond acceptors (Lipinski definition) is 6. The smallest absolute Gasteiger partial charge is 0.340 e. The first-order valence-electron chi connectivity index (χ1n) is 11.0. The molecule has 2 aromatic rings. The van der Waals surface area contributed by atoms with Crippen molar-refractivity contribution in [1.29, 1.82) is 0 Å². The van der Waals surface area contributed by atoms with Gasteiger partial charge >= 0.3 is 5.97 Å². The van der Waals surface area contributed by atoms with E-state index in [1.54, 1.807) is 6.07 Å². The van der Waals surface area contributed by atoms with E-state index in [0.717, 1.165) is 37.9 Å². The quantitative estimate of drug-likeness (QED) is 0.276. The molecule has 1 N–H and O–H groups in total. The molecule has 1 saturated heterocycles. The molecule has 1 aliphatic rings. The molecular weight excluding hydrogens is 410 g/mol. The number of hydrogen-bond donors (Lipinski definition) is 1. The van der Waals surface area contributed by atoms with E-state index in [1.165, 1.54) is 17.7 Å². The number of nitrogens with zero attached hydrogens (tertiary/aromatic N) is 2. The maximum Gasteiger partial charge on any atom is 0.340 e. The van der Waals surface area contributed by atoms with E-state index in [0.29, 0.717) is 18.5 Å². The van der Waals surface area contributed by atoms with Gasteiger partial charge in [-0.2, -0.15) is 0 Å². The van der Waals surface area contributed by atoms with Crippen LogP contribution in [0.5, 0.6) is 0 Å². The Morgan fingerprint density at radius 1 is 1.09 bits per heavy atom. The number of esters is 1. The molecule has 0 aromatic heterocycles. The number of piperidine rings is 1. The Balaban J connectivity index is 1.51. The van der Waals surface area contributed by atoms with Crippen molar-refractivity contribution in [2.45, 2.75) is 39.0 Å². The Morgan fingerprint density at radius 3 is 2.50 bits per heavy atom. The molecule has 0 radical (unpaired) electrons. The summed E-state index contributed by atoms with van der Waals surface area (Å²) in [6.45, 7) is 3.80. The van der Waals surface area contributed by atoms with Crippen LogP contribution in [-0.2, 0) is 16.0 Å². The second-order valence-corrected chi connectivity index (χ2v) is 7.98. The lowest BCUT2D eigenvalue weighted by Gasteiger charge is -2.30. The number of nitrogens with one attached hydrogen (secondary N) is 1. The minimum absolute atomic E-state index is 0.00274. The summed E-state index contributed by atoms with van der Waals surface area (Å²) in [6, 6.07) is 12.3. The molecule has 0 saturated carbocycles. The maximum absolute atomic E-state index is 12.7. The molecule has 0 spiro atoms. The van der Waals surface area contributed by atoms with Gasteiger partial charge in [0, 0.05) is 31.6 Å². The Morgan fingerprint density at radius 2 is 1.81 bits per heavy atom. The van der Waals surface area contributed by atoms with Gasteiger partial charge in [-0.05, 0) is 44.2 Å². The predicted molar refractivity (Wildman–Crippen MR) is 122 cm³/mol. The van der Waals surface area contributed by atoms with E-state index < -0.39 is 10.9 Å². The Hall–Kier alpha value is -3.42. The lowest BCUT2D eigenvalue weighted by atomic mass is 10.1. The van der Waals surface area contributed by atoms with Crippen molar-refractivity contribution >= 4 is 23.3 Å². The van der Waals surface area contributed by atoms with Crippen molar-refractivity contribution in [2.24, 2.45) is 0 Å². The van der Waals surface area contributed by atoms with Gasteiger partial charge in [0.2, 0.25) is 5.91 Å². The third kappa shape index (κ3) is 6.54. The van der Waals surface area contributed by atoms with E-state index in [2.05, 4.69) is 10.2 Å². The van der Waals surface area contributed by atoms with Crippen molar-refractivity contribution in [3.8, 4) is 0 Å². The average molecular weight is 440 g/mol. The average Bonchev–Trinajstić information content (AvgIpc) is 2.81. The molecule has 32 heavy (non-hydrogen) atoms. The van der Waals surface area contributed by atoms with E-state index in [1.807, 2.05) is 31.2 Å². The third-order valence-electron chi connectivity index (χ3n) is 5.53. The van der Waals surface area contributed by atoms with Gasteiger partial charge in [-0.1, -0.05) is 29.8 Å². The molecule has 1 aliphatic heterocycles. The topological polar surface area (TPSA) is 102 Å². The molecule has 0 bridgehead atoms. The fourth-order valence-corrected chi connectivity index (χ4v) is 3.72. The molecule has 8 heteroatoms. The largest absolute Gasteiger partial charge is 0.460 e. The SMILES string of the molecule is Cc1ccc(CCC(=O)NCCOC(=O)c2cc([N+](=O)[O-])ccc2N2CCCCC2)cc1. The second kappa shape index (κ2) is 11.3. The minimum atomic E-state index is -0.622. The lowest BCUT2D eigenvalue weighted by molar-refractivity contribution is -0.384. The van der Waals surface area contributed by atoms with Crippen LogP contribution in [-0.4, -0.2) is 43.0 Å². The highest BCUT2D eigenvalue weighted by atomic mass is 16.6. The van der Waals surface area contributed by atoms with Gasteiger partial charge in [0.1, 0.15) is 6.61 Å². The Bertz CT molecular complexity index is 953. The van der Waals surface area contributed by atoms with Gasteiger partial charge in [0.05, 0.1) is 22.7 Å². The summed E-state index contributed by atoms with van der Waals surface area (Å²) >= 11 is 0. The van der Waals surface area contributed by atoms with Crippen LogP contribution < -0.4 is 10.2 Å². The molecule has 1 amide bonds. The van der Waals surface area contributed by atoms with Crippen molar-refractivity contribution in [3.63, 3.8) is 0 Å². The number of nitro benzene ring substituents is 1. The zero-order valence-electron chi connectivity index (χ0n) is 18.3. The normalized spacial score (nSPS) is 13.5. The monoisotopic (exact) mass is 439 g/mol. The fourth-order valence-electron chi connectivity index (χ4n) is 3.72. The van der Waals surface area contributed by atoms with Crippen molar-refractivity contribution in [2.75, 3.05) is 31.1 Å². The fraction of sp³-hybridized carbons (Fsp3) is 0.417. The van der Waals surface area contributed by atoms with Crippen molar-refractivity contribution < 1.29 is 19.2 Å². The van der Waals surface area contributed by atoms with Crippen LogP contribution >= 0.6 is 0 Å². The lowest BCUT2D eigenvalue weighted by Crippen LogP contribution is -2.31. The number of non-ortho nitro benzene ring substituents is 1. The summed E-state index contributed by atoms with van der Waals surface area (Å²) in [5, 5.41) is 13.9. The Kier molecular flexibility index (Phi) is 8.19. The van der Waals surface area contributed by atoms with Crippen LogP contribution in [0.15, 0.2) is 42.5 Å². The highest BCUT2D eigenvalue weighted by Crippen LogP contribution is 2.28. The van der Waals surface area contributed by atoms with Crippen LogP contribution in [0.4, 0.5) is 11.4 Å². The summed E-state index contributed by atoms with van der Waals surface area (Å²) in [5.74, 6) is -0.742. The number of carbonyl (C=O) groups excluding carboxylic acids is 2. The van der Waals surface area contributed by atoms with Crippen LogP contribution in [0, 0.1) is 17.0 Å². The molecule has 0 aliphatic carbocycles. The number of anilines is 1. The highest BCUT2D eigenvalue weighted by Gasteiger charge is 2.22. The second-order valence-electron chi connectivity index (χ2n) is 7.98. The first kappa shape index (κ1) is 23.2. The number of aryl methyl sites for hydroxylation is 2. The number of ether oxygens (including phenoxy) is 1. The van der Waals surface area contributed by atoms with Gasteiger partial charge < -0.3 is 15.0 Å². The van der Waals surface area contributed by atoms with E-state index in [9.17, 15) is 19.7 Å². The van der Waals surface area contributed by atoms with Crippen molar-refractivity contribution in [1.82, 2.24) is 5.32 Å². The summed E-state index contributed by atoms with van der Waals surface area (Å²) in [7, 11) is 0. The molecule has 1 heterocycles. The summed E-state index contributed by atoms with van der Waals surface area (Å²) in [5.41, 5.74) is 2.96. The number of benzene rings is 2. The zero-order chi connectivity index (χ0) is 22.9. The standard InChI is InChI=1S/C24H29N3O5/c1-18-5-7-19(8-6-18)9-12-23(28)25-13-16-32-24(29)21-17-20(27(30)31)10-11-22(21)26-14-3-2-4-15-26/h5-8,10-11,17H,2-4,9,12-16H2,1H3,(H,25,28). The number of rotatable bonds is 9. The summed E-state index contributed by atoms with van der Waals surface area (Å²) < 4.78 is 5.32. The number of amides is 1. The van der Waals surface area contributed by atoms with Gasteiger partial charge in [-0.3, -0.25) is 14.9 Å². The van der Waals surface area contributed by atoms with Crippen LogP contribution in [0.1, 0.15) is 47.2 Å². The Labute approximate surface area is 187 Å². The summed E-state index contributed by atoms with van der Waals surface area (Å²) in [6.07, 6.45) is 4.15. The first-order valence-corrected chi connectivity index (χ1v) is 11.0. The maximum atomic E-state index is 12.7. The first-order chi connectivity index (χ1) is 15.4. The predicted octanol–water partition coefficient (Wildman–Crippen LogP) is 3.80. The van der Waals surface area contributed by atoms with Crippen LogP contribution in [0.3, 0.4) is 0 Å². The molecule has 2 aromatic carbocycles. The van der Waals surface area contributed by atoms with Gasteiger partial charge in [0.25, 0.3) is 5.69 Å². The molecular formula is C24H29N3O5. The number of nitro groups is 1. The van der Waals surface area contributed by atoms with Gasteiger partial charge in [-0.15, -0.1) is 0 Å².